The summed E-state index contributed by atoms with van der Waals surface area (Å²) in [6, 6.07) is 0. The SMILES string of the molecule is C/C1=C/CCC(C)(O[Si](C)(C)C)C(O[Si](C)(C)C)CC1. The lowest BCUT2D eigenvalue weighted by Crippen LogP contribution is -2.53. The van der Waals surface area contributed by atoms with Crippen molar-refractivity contribution >= 4 is 16.6 Å². The summed E-state index contributed by atoms with van der Waals surface area (Å²) in [5.74, 6) is 0. The van der Waals surface area contributed by atoms with Crippen LogP contribution < -0.4 is 0 Å². The number of rotatable bonds is 4. The Balaban J connectivity index is 2.98. The summed E-state index contributed by atoms with van der Waals surface area (Å²) >= 11 is 0. The summed E-state index contributed by atoms with van der Waals surface area (Å²) in [5, 5.41) is 0. The number of hydrogen-bond donors (Lipinski definition) is 0. The van der Waals surface area contributed by atoms with E-state index < -0.39 is 16.6 Å². The highest BCUT2D eigenvalue weighted by Gasteiger charge is 2.41. The minimum Gasteiger partial charge on any atom is -0.412 e. The molecule has 2 unspecified atom stereocenters. The first kappa shape index (κ1) is 18.1. The predicted octanol–water partition coefficient (Wildman–Crippen LogP) is 5.34. The lowest BCUT2D eigenvalue weighted by molar-refractivity contribution is -0.0470. The Bertz CT molecular complexity index is 352. The Morgan fingerprint density at radius 2 is 1.70 bits per heavy atom. The van der Waals surface area contributed by atoms with Crippen molar-refractivity contribution in [2.75, 3.05) is 0 Å². The van der Waals surface area contributed by atoms with Crippen molar-refractivity contribution in [1.82, 2.24) is 0 Å². The van der Waals surface area contributed by atoms with Gasteiger partial charge in [0.2, 0.25) is 0 Å². The molecular weight excluding hydrogens is 280 g/mol. The van der Waals surface area contributed by atoms with Gasteiger partial charge in [-0.25, -0.2) is 0 Å². The second kappa shape index (κ2) is 6.47. The Labute approximate surface area is 128 Å². The molecule has 0 spiro atoms. The van der Waals surface area contributed by atoms with E-state index in [2.05, 4.69) is 59.2 Å². The largest absolute Gasteiger partial charge is 0.412 e. The molecule has 0 saturated heterocycles. The first-order valence-corrected chi connectivity index (χ1v) is 14.8. The highest BCUT2D eigenvalue weighted by atomic mass is 28.4. The second-order valence-electron chi connectivity index (χ2n) is 8.37. The van der Waals surface area contributed by atoms with Crippen LogP contribution in [0.5, 0.6) is 0 Å². The maximum Gasteiger partial charge on any atom is 0.184 e. The zero-order valence-corrected chi connectivity index (χ0v) is 16.8. The van der Waals surface area contributed by atoms with E-state index in [4.69, 9.17) is 8.85 Å². The Morgan fingerprint density at radius 1 is 1.10 bits per heavy atom. The van der Waals surface area contributed by atoms with Crippen molar-refractivity contribution in [1.29, 1.82) is 0 Å². The van der Waals surface area contributed by atoms with E-state index in [-0.39, 0.29) is 11.7 Å². The molecule has 0 fully saturated rings. The fourth-order valence-corrected chi connectivity index (χ4v) is 5.81. The van der Waals surface area contributed by atoms with Crippen molar-refractivity contribution < 1.29 is 8.85 Å². The van der Waals surface area contributed by atoms with E-state index in [1.54, 1.807) is 0 Å². The minimum absolute atomic E-state index is 0.123. The van der Waals surface area contributed by atoms with Gasteiger partial charge in [-0.05, 0) is 78.8 Å². The van der Waals surface area contributed by atoms with Crippen molar-refractivity contribution in [2.45, 2.75) is 90.5 Å². The summed E-state index contributed by atoms with van der Waals surface area (Å²) in [4.78, 5) is 0. The van der Waals surface area contributed by atoms with Crippen LogP contribution in [0.2, 0.25) is 39.3 Å². The zero-order valence-electron chi connectivity index (χ0n) is 14.8. The standard InChI is InChI=1S/C16H34O2Si2/c1-14-10-9-13-16(2,18-20(6,7)8)15(12-11-14)17-19(3,4)5/h10,15H,9,11-13H2,1-8H3/b14-10-. The fourth-order valence-electron chi connectivity index (χ4n) is 2.96. The van der Waals surface area contributed by atoms with E-state index in [1.165, 1.54) is 5.57 Å². The van der Waals surface area contributed by atoms with Crippen LogP contribution in [0.1, 0.15) is 39.5 Å². The quantitative estimate of drug-likeness (QED) is 0.515. The molecule has 4 heteroatoms. The molecule has 0 bridgehead atoms. The monoisotopic (exact) mass is 314 g/mol. The lowest BCUT2D eigenvalue weighted by atomic mass is 9.87. The molecule has 1 aliphatic rings. The zero-order chi connectivity index (χ0) is 15.6. The molecule has 2 atom stereocenters. The Hall–Kier alpha value is 0.0938. The van der Waals surface area contributed by atoms with Gasteiger partial charge in [0.05, 0.1) is 11.7 Å². The molecule has 1 rings (SSSR count). The molecule has 0 aromatic carbocycles. The molecule has 118 valence electrons. The second-order valence-corrected chi connectivity index (χ2v) is 17.3. The van der Waals surface area contributed by atoms with Crippen LogP contribution in [0.4, 0.5) is 0 Å². The molecule has 0 aliphatic heterocycles. The Morgan fingerprint density at radius 3 is 2.20 bits per heavy atom. The maximum atomic E-state index is 6.60. The summed E-state index contributed by atoms with van der Waals surface area (Å²) in [6.45, 7) is 18.2. The van der Waals surface area contributed by atoms with Crippen molar-refractivity contribution in [3.05, 3.63) is 11.6 Å². The smallest absolute Gasteiger partial charge is 0.184 e. The molecule has 0 heterocycles. The van der Waals surface area contributed by atoms with Gasteiger partial charge in [-0.2, -0.15) is 0 Å². The summed E-state index contributed by atoms with van der Waals surface area (Å²) in [6.07, 6.45) is 7.04. The van der Waals surface area contributed by atoms with Gasteiger partial charge in [-0.15, -0.1) is 0 Å². The first-order chi connectivity index (χ1) is 8.91. The fraction of sp³-hybridized carbons (Fsp3) is 0.875. The van der Waals surface area contributed by atoms with E-state index in [9.17, 15) is 0 Å². The summed E-state index contributed by atoms with van der Waals surface area (Å²) in [7, 11) is -3.13. The van der Waals surface area contributed by atoms with Crippen LogP contribution in [-0.4, -0.2) is 28.3 Å². The van der Waals surface area contributed by atoms with Gasteiger partial charge in [-0.1, -0.05) is 11.6 Å². The first-order valence-electron chi connectivity index (χ1n) is 7.95. The normalized spacial score (nSPS) is 32.2. The molecule has 0 aromatic rings. The van der Waals surface area contributed by atoms with E-state index in [0.29, 0.717) is 0 Å². The maximum absolute atomic E-state index is 6.60. The third kappa shape index (κ3) is 6.25. The van der Waals surface area contributed by atoms with E-state index in [1.807, 2.05) is 0 Å². The third-order valence-corrected chi connectivity index (χ3v) is 5.72. The van der Waals surface area contributed by atoms with Gasteiger partial charge in [-0.3, -0.25) is 0 Å². The average Bonchev–Trinajstić information content (AvgIpc) is 2.18. The molecular formula is C16H34O2Si2. The topological polar surface area (TPSA) is 18.5 Å². The van der Waals surface area contributed by atoms with Crippen LogP contribution in [-0.2, 0) is 8.85 Å². The highest BCUT2D eigenvalue weighted by Crippen LogP contribution is 2.35. The summed E-state index contributed by atoms with van der Waals surface area (Å²) < 4.78 is 13.1. The van der Waals surface area contributed by atoms with Gasteiger partial charge < -0.3 is 8.85 Å². The average molecular weight is 315 g/mol. The van der Waals surface area contributed by atoms with E-state index in [0.717, 1.165) is 25.7 Å². The molecule has 0 saturated carbocycles. The third-order valence-electron chi connectivity index (χ3n) is 3.65. The molecule has 0 aromatic heterocycles. The molecule has 0 N–H and O–H groups in total. The van der Waals surface area contributed by atoms with Gasteiger partial charge in [0, 0.05) is 0 Å². The van der Waals surface area contributed by atoms with Crippen LogP contribution in [0, 0.1) is 0 Å². The van der Waals surface area contributed by atoms with Gasteiger partial charge >= 0.3 is 0 Å². The van der Waals surface area contributed by atoms with Crippen molar-refractivity contribution in [3.63, 3.8) is 0 Å². The molecule has 20 heavy (non-hydrogen) atoms. The summed E-state index contributed by atoms with van der Waals surface area (Å²) in [5.41, 5.74) is 1.38. The lowest BCUT2D eigenvalue weighted by Gasteiger charge is -2.45. The van der Waals surface area contributed by atoms with Crippen LogP contribution in [0.15, 0.2) is 11.6 Å². The predicted molar refractivity (Wildman–Crippen MR) is 93.3 cm³/mol. The van der Waals surface area contributed by atoms with Crippen LogP contribution in [0.3, 0.4) is 0 Å². The van der Waals surface area contributed by atoms with Gasteiger partial charge in [0.1, 0.15) is 0 Å². The molecule has 0 amide bonds. The van der Waals surface area contributed by atoms with Crippen molar-refractivity contribution in [2.24, 2.45) is 0 Å². The van der Waals surface area contributed by atoms with Crippen LogP contribution in [0.25, 0.3) is 0 Å². The Kier molecular flexibility index (Phi) is 5.87. The molecule has 2 nitrogen and oxygen atoms in total. The number of hydrogen-bond acceptors (Lipinski definition) is 2. The van der Waals surface area contributed by atoms with Crippen molar-refractivity contribution in [3.8, 4) is 0 Å². The highest BCUT2D eigenvalue weighted by molar-refractivity contribution is 6.70. The molecule has 1 aliphatic carbocycles. The van der Waals surface area contributed by atoms with E-state index >= 15 is 0 Å². The van der Waals surface area contributed by atoms with Gasteiger partial charge in [0.25, 0.3) is 0 Å². The number of allylic oxidation sites excluding steroid dienone is 2. The van der Waals surface area contributed by atoms with Gasteiger partial charge in [0.15, 0.2) is 16.6 Å². The van der Waals surface area contributed by atoms with Crippen LogP contribution >= 0.6 is 0 Å². The molecule has 0 radical (unpaired) electrons. The minimum atomic E-state index is -1.58.